The molecule has 0 unspecified atom stereocenters. The number of nitrogens with two attached hydrogens (primary N) is 3. The fourth-order valence-electron chi connectivity index (χ4n) is 8.81. The Labute approximate surface area is 464 Å². The number of hydrogen-bond acceptors (Lipinski definition) is 14. The maximum absolute atomic E-state index is 14.5. The molecule has 0 spiro atoms. The maximum atomic E-state index is 14.5. The Kier molecular flexibility index (Phi) is 27.2. The second kappa shape index (κ2) is 32.6. The quantitative estimate of drug-likeness (QED) is 0.0289. The lowest BCUT2D eigenvalue weighted by atomic mass is 9.97. The molecule has 16 N–H and O–H groups in total. The number of carboxylic acid groups (broad SMARTS) is 1. The number of rotatable bonds is 34. The molecule has 28 heteroatoms. The van der Waals surface area contributed by atoms with Crippen molar-refractivity contribution in [2.24, 2.45) is 29.0 Å². The zero-order valence-electron chi connectivity index (χ0n) is 45.6. The average molecular weight is 1140 g/mol. The summed E-state index contributed by atoms with van der Waals surface area (Å²) in [7, 11) is -4.86. The van der Waals surface area contributed by atoms with Crippen LogP contribution >= 0.6 is 7.82 Å². The molecule has 3 rings (SSSR count). The van der Waals surface area contributed by atoms with Crippen LogP contribution in [0.3, 0.4) is 0 Å². The Hall–Kier alpha value is -7.48. The van der Waals surface area contributed by atoms with Gasteiger partial charge in [0.05, 0.1) is 6.42 Å². The highest BCUT2D eigenvalue weighted by Crippen LogP contribution is 2.37. The van der Waals surface area contributed by atoms with Crippen molar-refractivity contribution in [1.29, 1.82) is 0 Å². The number of carbonyl (C=O) groups is 11. The van der Waals surface area contributed by atoms with E-state index < -0.39 is 140 Å². The highest BCUT2D eigenvalue weighted by Gasteiger charge is 2.40. The van der Waals surface area contributed by atoms with Crippen molar-refractivity contribution in [3.63, 3.8) is 0 Å². The van der Waals surface area contributed by atoms with E-state index in [0.717, 1.165) is 0 Å². The van der Waals surface area contributed by atoms with Crippen LogP contribution < -0.4 is 58.9 Å². The third-order valence-electron chi connectivity index (χ3n) is 13.1. The Bertz CT molecular complexity index is 2530. The standard InChI is InChI=1S/C52H78N11O16P/c1-6-30(4)44(45(55)68)62-50(73)37(25-29(2)3)59-49(72)40(28-43(66)67)60-46(69)35(21-22-42(54)65)57-48(71)39(26-32-13-8-7-9-14-32)61-51(74)41-16-12-24-63(41)52(75)36(15-10-11-23-53)58-47(70)38(56-31(5)64)27-33-17-19-34(20-18-33)79-80(76,77)78/h7-9,13-14,17-20,29-30,35-41,44H,6,10-12,15-16,21-28,53H2,1-5H3,(H2,54,65)(H2,55,68)(H,56,64)(H,57,71)(H,58,70)(H,59,72)(H,60,69)(H,61,74)(H,62,73)(H,66,67)(H2,76,77,78)/t30-,35-,36-,37-,38-,39-,40-,41-,44-/m0/s1. The number of benzene rings is 2. The van der Waals surface area contributed by atoms with Crippen molar-refractivity contribution in [3.05, 3.63) is 65.7 Å². The summed E-state index contributed by atoms with van der Waals surface area (Å²) in [4.78, 5) is 167. The molecule has 1 fully saturated rings. The molecule has 2 aromatic rings. The molecule has 0 bridgehead atoms. The fourth-order valence-corrected chi connectivity index (χ4v) is 9.21. The largest absolute Gasteiger partial charge is 0.524 e. The minimum atomic E-state index is -4.86. The van der Waals surface area contributed by atoms with E-state index in [-0.39, 0.29) is 62.8 Å². The zero-order valence-corrected chi connectivity index (χ0v) is 46.5. The first-order chi connectivity index (χ1) is 37.6. The summed E-state index contributed by atoms with van der Waals surface area (Å²) in [6.45, 7) is 8.46. The van der Waals surface area contributed by atoms with Crippen LogP contribution in [0.1, 0.15) is 110 Å². The number of phosphoric acid groups is 1. The van der Waals surface area contributed by atoms with Crippen LogP contribution in [0, 0.1) is 11.8 Å². The van der Waals surface area contributed by atoms with Gasteiger partial charge in [0, 0.05) is 32.7 Å². The molecule has 1 aliphatic heterocycles. The maximum Gasteiger partial charge on any atom is 0.524 e. The van der Waals surface area contributed by atoms with Crippen molar-refractivity contribution in [2.75, 3.05) is 13.1 Å². The summed E-state index contributed by atoms with van der Waals surface area (Å²) in [6.07, 6.45) is -0.432. The molecule has 10 amide bonds. The number of carbonyl (C=O) groups excluding carboxylic acids is 10. The molecule has 442 valence electrons. The van der Waals surface area contributed by atoms with Crippen LogP contribution in [0.2, 0.25) is 0 Å². The van der Waals surface area contributed by atoms with Crippen molar-refractivity contribution >= 4 is 72.9 Å². The summed E-state index contributed by atoms with van der Waals surface area (Å²) in [5.41, 5.74) is 17.7. The second-order valence-corrected chi connectivity index (χ2v) is 21.3. The first kappa shape index (κ1) is 66.8. The van der Waals surface area contributed by atoms with Crippen LogP contribution in [0.5, 0.6) is 5.75 Å². The highest BCUT2D eigenvalue weighted by molar-refractivity contribution is 7.46. The number of hydrogen-bond donors (Lipinski definition) is 13. The van der Waals surface area contributed by atoms with Crippen LogP contribution in [-0.2, 0) is 70.1 Å². The molecule has 2 aromatic carbocycles. The van der Waals surface area contributed by atoms with E-state index in [0.29, 0.717) is 36.8 Å². The lowest BCUT2D eigenvalue weighted by Gasteiger charge is -2.31. The Morgan fingerprint density at radius 2 is 1.23 bits per heavy atom. The normalized spacial score (nSPS) is 16.2. The SMILES string of the molecule is CC[C@H](C)[C@H](NC(=O)[C@H](CC(C)C)NC(=O)[C@H](CC(=O)O)NC(=O)[C@H](CCC(N)=O)NC(=O)[C@H](Cc1ccccc1)NC(=O)[C@@H]1CCCN1C(=O)[C@H](CCCCN)NC(=O)[C@H](Cc1ccc(OP(=O)(O)O)cc1)NC(C)=O)C(N)=O. The summed E-state index contributed by atoms with van der Waals surface area (Å²) >= 11 is 0. The molecule has 9 atom stereocenters. The number of primary amides is 2. The lowest BCUT2D eigenvalue weighted by Crippen LogP contribution is -2.61. The van der Waals surface area contributed by atoms with Gasteiger partial charge in [0.15, 0.2) is 0 Å². The fraction of sp³-hybridized carbons (Fsp3) is 0.558. The van der Waals surface area contributed by atoms with Gasteiger partial charge in [-0.05, 0) is 86.6 Å². The van der Waals surface area contributed by atoms with E-state index in [1.165, 1.54) is 36.1 Å². The van der Waals surface area contributed by atoms with Crippen LogP contribution in [0.4, 0.5) is 0 Å². The van der Waals surface area contributed by atoms with Crippen LogP contribution in [-0.4, -0.2) is 146 Å². The monoisotopic (exact) mass is 1140 g/mol. The van der Waals surface area contributed by atoms with E-state index in [1.54, 1.807) is 58.0 Å². The minimum Gasteiger partial charge on any atom is -0.481 e. The number of amides is 10. The molecule has 27 nitrogen and oxygen atoms in total. The van der Waals surface area contributed by atoms with Crippen molar-refractivity contribution in [3.8, 4) is 5.75 Å². The number of carboxylic acids is 1. The summed E-state index contributed by atoms with van der Waals surface area (Å²) in [5, 5.41) is 27.7. The van der Waals surface area contributed by atoms with Gasteiger partial charge in [-0.15, -0.1) is 0 Å². The minimum absolute atomic E-state index is 0.0191. The van der Waals surface area contributed by atoms with E-state index in [2.05, 4.69) is 41.7 Å². The van der Waals surface area contributed by atoms with E-state index >= 15 is 0 Å². The van der Waals surface area contributed by atoms with Gasteiger partial charge >= 0.3 is 13.8 Å². The lowest BCUT2D eigenvalue weighted by molar-refractivity contribution is -0.143. The molecule has 0 aliphatic carbocycles. The Balaban J connectivity index is 1.92. The van der Waals surface area contributed by atoms with Crippen molar-refractivity contribution < 1.29 is 76.7 Å². The van der Waals surface area contributed by atoms with Gasteiger partial charge in [-0.3, -0.25) is 62.5 Å². The van der Waals surface area contributed by atoms with Gasteiger partial charge in [-0.2, -0.15) is 0 Å². The van der Waals surface area contributed by atoms with Crippen LogP contribution in [0.15, 0.2) is 54.6 Å². The zero-order chi connectivity index (χ0) is 59.9. The van der Waals surface area contributed by atoms with Crippen molar-refractivity contribution in [2.45, 2.75) is 160 Å². The summed E-state index contributed by atoms with van der Waals surface area (Å²) in [5.74, 6) is -10.8. The first-order valence-corrected chi connectivity index (χ1v) is 27.9. The van der Waals surface area contributed by atoms with Gasteiger partial charge in [0.25, 0.3) is 0 Å². The van der Waals surface area contributed by atoms with E-state index in [1.807, 2.05) is 0 Å². The molecule has 0 radical (unpaired) electrons. The summed E-state index contributed by atoms with van der Waals surface area (Å²) in [6, 6.07) is 2.65. The molecule has 1 saturated heterocycles. The van der Waals surface area contributed by atoms with Gasteiger partial charge in [-0.1, -0.05) is 76.6 Å². The molecule has 1 heterocycles. The Morgan fingerprint density at radius 1 is 0.688 bits per heavy atom. The third-order valence-corrected chi connectivity index (χ3v) is 13.5. The highest BCUT2D eigenvalue weighted by atomic mass is 31.2. The predicted octanol–water partition coefficient (Wildman–Crippen LogP) is -1.21. The van der Waals surface area contributed by atoms with Gasteiger partial charge < -0.3 is 68.9 Å². The third kappa shape index (κ3) is 23.1. The molecular weight excluding hydrogens is 1070 g/mol. The number of likely N-dealkylation sites (tertiary alicyclic amines) is 1. The smallest absolute Gasteiger partial charge is 0.481 e. The average Bonchev–Trinajstić information content (AvgIpc) is 3.88. The first-order valence-electron chi connectivity index (χ1n) is 26.4. The molecule has 1 aliphatic rings. The Morgan fingerprint density at radius 3 is 1.76 bits per heavy atom. The van der Waals surface area contributed by atoms with Crippen LogP contribution in [0.25, 0.3) is 0 Å². The number of aliphatic carboxylic acids is 1. The van der Waals surface area contributed by atoms with E-state index in [4.69, 9.17) is 27.0 Å². The second-order valence-electron chi connectivity index (χ2n) is 20.2. The molecular formula is C52H78N11O16P. The predicted molar refractivity (Wildman–Crippen MR) is 289 cm³/mol. The summed E-state index contributed by atoms with van der Waals surface area (Å²) < 4.78 is 15.9. The number of unbranched alkanes of at least 4 members (excludes halogenated alkanes) is 1. The van der Waals surface area contributed by atoms with E-state index in [9.17, 15) is 62.4 Å². The number of nitrogens with zero attached hydrogens (tertiary/aromatic N) is 1. The molecule has 80 heavy (non-hydrogen) atoms. The van der Waals surface area contributed by atoms with Gasteiger partial charge in [-0.25, -0.2) is 4.57 Å². The molecule has 0 saturated carbocycles. The van der Waals surface area contributed by atoms with Gasteiger partial charge in [0.2, 0.25) is 59.1 Å². The molecule has 0 aromatic heterocycles. The van der Waals surface area contributed by atoms with Gasteiger partial charge in [0.1, 0.15) is 54.1 Å². The topological polar surface area (TPSA) is 440 Å². The number of nitrogens with one attached hydrogen (secondary N) is 7. The number of phosphoric ester groups is 1. The van der Waals surface area contributed by atoms with Crippen molar-refractivity contribution in [1.82, 2.24) is 42.1 Å².